The maximum absolute atomic E-state index is 10.5. The van der Waals surface area contributed by atoms with E-state index in [1.165, 1.54) is 89.5 Å². The van der Waals surface area contributed by atoms with Crippen molar-refractivity contribution < 1.29 is 68.5 Å². The van der Waals surface area contributed by atoms with Crippen LogP contribution in [0.25, 0.3) is 0 Å². The summed E-state index contributed by atoms with van der Waals surface area (Å²) >= 11 is 0. The minimum absolute atomic E-state index is 0. The summed E-state index contributed by atoms with van der Waals surface area (Å²) in [5.41, 5.74) is 0. The second kappa shape index (κ2) is 21.9. The summed E-state index contributed by atoms with van der Waals surface area (Å²) < 4.78 is 36.1. The second-order valence-corrected chi connectivity index (χ2v) is 8.38. The quantitative estimate of drug-likeness (QED) is 0.0975. The van der Waals surface area contributed by atoms with Gasteiger partial charge in [-0.25, -0.2) is 8.42 Å². The van der Waals surface area contributed by atoms with Gasteiger partial charge in [0.15, 0.2) is 0 Å². The van der Waals surface area contributed by atoms with Gasteiger partial charge in [-0.05, 0) is 6.42 Å². The van der Waals surface area contributed by atoms with Gasteiger partial charge >= 0.3 is 51.4 Å². The van der Waals surface area contributed by atoms with Crippen LogP contribution in [0, 0.1) is 0 Å². The molecule has 1 unspecified atom stereocenters. The Labute approximate surface area is 211 Å². The van der Waals surface area contributed by atoms with Gasteiger partial charge in [0.05, 0.1) is 6.10 Å². The van der Waals surface area contributed by atoms with E-state index in [4.69, 9.17) is 0 Å². The third kappa shape index (κ3) is 25.2. The normalized spacial score (nSPS) is 12.5. The van der Waals surface area contributed by atoms with Crippen molar-refractivity contribution in [3.63, 3.8) is 0 Å². The third-order valence-electron chi connectivity index (χ3n) is 4.85. The van der Waals surface area contributed by atoms with E-state index >= 15 is 0 Å². The largest absolute Gasteiger partial charge is 1.00 e. The maximum atomic E-state index is 10.5. The van der Waals surface area contributed by atoms with Crippen LogP contribution in [-0.4, -0.2) is 19.1 Å². The van der Waals surface area contributed by atoms with Gasteiger partial charge in [0, 0.05) is 0 Å². The number of hydrogen-bond acceptors (Lipinski definition) is 4. The van der Waals surface area contributed by atoms with Crippen LogP contribution in [0.5, 0.6) is 0 Å². The Balaban J connectivity index is 0. The Morgan fingerprint density at radius 1 is 0.778 bits per heavy atom. The minimum atomic E-state index is -4.63. The smallest absolute Gasteiger partial charge is 0.726 e. The van der Waals surface area contributed by atoms with E-state index in [0.717, 1.165) is 19.3 Å². The third-order valence-corrected chi connectivity index (χ3v) is 5.33. The van der Waals surface area contributed by atoms with Crippen molar-refractivity contribution in [3.8, 4) is 0 Å². The fourth-order valence-electron chi connectivity index (χ4n) is 3.25. The topological polar surface area (TPSA) is 66.4 Å². The molecular weight excluding hydrogens is 387 g/mol. The Bertz CT molecular complexity index is 412. The summed E-state index contributed by atoms with van der Waals surface area (Å²) in [7, 11) is -4.63. The molecule has 0 amide bonds. The average molecular weight is 429 g/mol. The Morgan fingerprint density at radius 2 is 1.11 bits per heavy atom. The van der Waals surface area contributed by atoms with Crippen molar-refractivity contribution in [1.82, 2.24) is 0 Å². The Hall–Kier alpha value is 1.25. The molecule has 1 atom stereocenters. The molecule has 0 saturated heterocycles. The SMILES string of the molecule is C=CC(CCCCCCCCCCCCCCCCCC)OS(=O)(=O)[O-].[K+]. The molecule has 4 nitrogen and oxygen atoms in total. The van der Waals surface area contributed by atoms with E-state index in [-0.39, 0.29) is 51.4 Å². The van der Waals surface area contributed by atoms with Crippen molar-refractivity contribution in [2.45, 2.75) is 122 Å². The maximum Gasteiger partial charge on any atom is 1.00 e. The van der Waals surface area contributed by atoms with E-state index in [1.54, 1.807) is 0 Å². The molecule has 0 spiro atoms. The van der Waals surface area contributed by atoms with Gasteiger partial charge in [-0.15, -0.1) is 6.58 Å². The Kier molecular flexibility index (Phi) is 24.7. The van der Waals surface area contributed by atoms with Crippen molar-refractivity contribution in [3.05, 3.63) is 12.7 Å². The number of unbranched alkanes of at least 4 members (excludes halogenated alkanes) is 15. The molecule has 0 aliphatic heterocycles. The van der Waals surface area contributed by atoms with Crippen LogP contribution in [-0.2, 0) is 14.6 Å². The fourth-order valence-corrected chi connectivity index (χ4v) is 3.73. The van der Waals surface area contributed by atoms with Crippen LogP contribution in [0.1, 0.15) is 116 Å². The van der Waals surface area contributed by atoms with Crippen LogP contribution < -0.4 is 51.4 Å². The molecule has 0 bridgehead atoms. The van der Waals surface area contributed by atoms with Gasteiger partial charge in [-0.2, -0.15) is 0 Å². The van der Waals surface area contributed by atoms with Gasteiger partial charge in [-0.1, -0.05) is 116 Å². The summed E-state index contributed by atoms with van der Waals surface area (Å²) in [6.07, 6.45) is 22.1. The zero-order chi connectivity index (χ0) is 19.5. The van der Waals surface area contributed by atoms with E-state index in [0.29, 0.717) is 6.42 Å². The molecule has 0 aromatic heterocycles. The van der Waals surface area contributed by atoms with E-state index < -0.39 is 16.5 Å². The zero-order valence-electron chi connectivity index (χ0n) is 17.9. The van der Waals surface area contributed by atoms with Gasteiger partial charge in [0.1, 0.15) is 0 Å². The van der Waals surface area contributed by atoms with Gasteiger partial charge in [-0.3, -0.25) is 4.18 Å². The van der Waals surface area contributed by atoms with Crippen molar-refractivity contribution in [1.29, 1.82) is 0 Å². The van der Waals surface area contributed by atoms with Gasteiger partial charge in [0.25, 0.3) is 0 Å². The van der Waals surface area contributed by atoms with Crippen molar-refractivity contribution in [2.75, 3.05) is 0 Å². The molecule has 27 heavy (non-hydrogen) atoms. The second-order valence-electron chi connectivity index (χ2n) is 7.37. The number of rotatable bonds is 20. The van der Waals surface area contributed by atoms with Crippen LogP contribution in [0.3, 0.4) is 0 Å². The van der Waals surface area contributed by atoms with Gasteiger partial charge in [0.2, 0.25) is 10.4 Å². The summed E-state index contributed by atoms with van der Waals surface area (Å²) in [5.74, 6) is 0. The molecule has 0 radical (unpaired) electrons. The Morgan fingerprint density at radius 3 is 1.41 bits per heavy atom. The molecule has 0 aromatic carbocycles. The molecular formula is C21H41KO4S. The van der Waals surface area contributed by atoms with Crippen LogP contribution in [0.4, 0.5) is 0 Å². The number of hydrogen-bond donors (Lipinski definition) is 0. The van der Waals surface area contributed by atoms with E-state index in [1.807, 2.05) is 0 Å². The molecule has 0 heterocycles. The van der Waals surface area contributed by atoms with Crippen LogP contribution >= 0.6 is 0 Å². The van der Waals surface area contributed by atoms with Crippen LogP contribution in [0.2, 0.25) is 0 Å². The predicted molar refractivity (Wildman–Crippen MR) is 109 cm³/mol. The molecule has 156 valence electrons. The first-order chi connectivity index (χ1) is 12.5. The molecule has 0 aliphatic rings. The first kappa shape index (κ1) is 30.4. The van der Waals surface area contributed by atoms with E-state index in [9.17, 15) is 13.0 Å². The molecule has 0 saturated carbocycles. The summed E-state index contributed by atoms with van der Waals surface area (Å²) in [6.45, 7) is 5.77. The zero-order valence-corrected chi connectivity index (χ0v) is 21.9. The predicted octanol–water partition coefficient (Wildman–Crippen LogP) is 3.67. The van der Waals surface area contributed by atoms with Gasteiger partial charge < -0.3 is 4.55 Å². The van der Waals surface area contributed by atoms with Crippen molar-refractivity contribution >= 4 is 10.4 Å². The average Bonchev–Trinajstić information content (AvgIpc) is 2.59. The van der Waals surface area contributed by atoms with E-state index in [2.05, 4.69) is 17.7 Å². The molecule has 0 rings (SSSR count). The fraction of sp³-hybridized carbons (Fsp3) is 0.905. The summed E-state index contributed by atoms with van der Waals surface area (Å²) in [5, 5.41) is 0. The first-order valence-corrected chi connectivity index (χ1v) is 12.1. The monoisotopic (exact) mass is 428 g/mol. The molecule has 0 aliphatic carbocycles. The molecule has 0 N–H and O–H groups in total. The first-order valence-electron chi connectivity index (χ1n) is 10.8. The van der Waals surface area contributed by atoms with Crippen LogP contribution in [0.15, 0.2) is 12.7 Å². The molecule has 0 aromatic rings. The standard InChI is InChI=1S/C21H42O4S.K/c1-3-5-6-7-8-9-10-11-12-13-14-15-16-17-18-19-20-21(4-2)25-26(22,23)24;/h4,21H,2-3,5-20H2,1H3,(H,22,23,24);/q;+1/p-1. The molecule has 6 heteroatoms. The minimum Gasteiger partial charge on any atom is -0.726 e. The summed E-state index contributed by atoms with van der Waals surface area (Å²) in [4.78, 5) is 0. The summed E-state index contributed by atoms with van der Waals surface area (Å²) in [6, 6.07) is 0. The molecule has 0 fully saturated rings. The van der Waals surface area contributed by atoms with Crippen molar-refractivity contribution in [2.24, 2.45) is 0 Å².